The molecule has 0 bridgehead atoms. The third kappa shape index (κ3) is 4.33. The number of ether oxygens (including phenoxy) is 1. The van der Waals surface area contributed by atoms with Gasteiger partial charge in [-0.05, 0) is 26.3 Å². The second kappa shape index (κ2) is 7.72. The highest BCUT2D eigenvalue weighted by molar-refractivity contribution is 6.07. The highest BCUT2D eigenvalue weighted by atomic mass is 16.5. The van der Waals surface area contributed by atoms with Gasteiger partial charge in [-0.15, -0.1) is 0 Å². The molecule has 2 heterocycles. The maximum Gasteiger partial charge on any atom is 0.258 e. The predicted molar refractivity (Wildman–Crippen MR) is 103 cm³/mol. The number of nitrogens with zero attached hydrogens (tertiary/aromatic N) is 1. The molecule has 6 heteroatoms. The molecule has 1 atom stereocenters. The fraction of sp³-hybridized carbons (Fsp3) is 0.524. The van der Waals surface area contributed by atoms with E-state index in [1.54, 1.807) is 4.90 Å². The van der Waals surface area contributed by atoms with E-state index in [-0.39, 0.29) is 12.3 Å². The van der Waals surface area contributed by atoms with Crippen molar-refractivity contribution in [3.8, 4) is 0 Å². The molecule has 3 rings (SSSR count). The summed E-state index contributed by atoms with van der Waals surface area (Å²) >= 11 is 0. The van der Waals surface area contributed by atoms with Crippen LogP contribution in [0.3, 0.4) is 0 Å². The lowest BCUT2D eigenvalue weighted by atomic mass is 10.0. The zero-order valence-corrected chi connectivity index (χ0v) is 16.3. The third-order valence-electron chi connectivity index (χ3n) is 4.84. The minimum Gasteiger partial charge on any atom is -0.460 e. The van der Waals surface area contributed by atoms with Crippen LogP contribution in [0, 0.1) is 0 Å². The topological polar surface area (TPSA) is 85.8 Å². The van der Waals surface area contributed by atoms with Gasteiger partial charge >= 0.3 is 0 Å². The summed E-state index contributed by atoms with van der Waals surface area (Å²) < 4.78 is 12.0. The van der Waals surface area contributed by atoms with E-state index in [0.717, 1.165) is 36.0 Å². The van der Waals surface area contributed by atoms with Crippen molar-refractivity contribution in [2.24, 2.45) is 5.73 Å². The molecule has 0 radical (unpaired) electrons. The summed E-state index contributed by atoms with van der Waals surface area (Å²) in [6, 6.07) is 7.64. The lowest BCUT2D eigenvalue weighted by molar-refractivity contribution is -0.141. The van der Waals surface area contributed by atoms with Gasteiger partial charge in [0, 0.05) is 24.9 Å². The van der Waals surface area contributed by atoms with Crippen LogP contribution in [-0.4, -0.2) is 41.5 Å². The van der Waals surface area contributed by atoms with E-state index in [1.165, 1.54) is 0 Å². The highest BCUT2D eigenvalue weighted by Crippen LogP contribution is 2.31. The zero-order chi connectivity index (χ0) is 19.6. The van der Waals surface area contributed by atoms with Crippen molar-refractivity contribution in [2.75, 3.05) is 13.1 Å². The van der Waals surface area contributed by atoms with Crippen molar-refractivity contribution in [2.45, 2.75) is 58.2 Å². The van der Waals surface area contributed by atoms with E-state index in [2.05, 4.69) is 6.92 Å². The Balaban J connectivity index is 1.95. The van der Waals surface area contributed by atoms with E-state index < -0.39 is 17.6 Å². The average Bonchev–Trinajstić information content (AvgIpc) is 2.95. The van der Waals surface area contributed by atoms with Gasteiger partial charge in [-0.25, -0.2) is 0 Å². The van der Waals surface area contributed by atoms with Crippen molar-refractivity contribution in [1.29, 1.82) is 0 Å². The Hall–Kier alpha value is -2.34. The van der Waals surface area contributed by atoms with Crippen molar-refractivity contribution in [3.05, 3.63) is 35.6 Å². The minimum absolute atomic E-state index is 0.0723. The number of unbranched alkanes of at least 4 members (excludes halogenated alkanes) is 1. The molecule has 1 aromatic heterocycles. The maximum atomic E-state index is 13.5. The number of hydrogen-bond acceptors (Lipinski definition) is 4. The smallest absolute Gasteiger partial charge is 0.258 e. The summed E-state index contributed by atoms with van der Waals surface area (Å²) in [5.74, 6) is 0.234. The first kappa shape index (κ1) is 19.4. The Morgan fingerprint density at radius 3 is 2.74 bits per heavy atom. The van der Waals surface area contributed by atoms with E-state index in [0.29, 0.717) is 18.7 Å². The zero-order valence-electron chi connectivity index (χ0n) is 16.3. The summed E-state index contributed by atoms with van der Waals surface area (Å²) in [5.41, 5.74) is 6.16. The summed E-state index contributed by atoms with van der Waals surface area (Å²) in [5, 5.41) is 0.837. The largest absolute Gasteiger partial charge is 0.460 e. The van der Waals surface area contributed by atoms with E-state index in [4.69, 9.17) is 14.9 Å². The molecule has 1 aliphatic rings. The van der Waals surface area contributed by atoms with Crippen LogP contribution < -0.4 is 5.73 Å². The summed E-state index contributed by atoms with van der Waals surface area (Å²) in [4.78, 5) is 26.6. The Bertz CT molecular complexity index is 840. The van der Waals surface area contributed by atoms with E-state index in [1.807, 2.05) is 38.1 Å². The molecule has 2 N–H and O–H groups in total. The maximum absolute atomic E-state index is 13.5. The molecule has 0 aliphatic carbocycles. The number of furan rings is 1. The molecule has 146 valence electrons. The Morgan fingerprint density at radius 2 is 2.04 bits per heavy atom. The van der Waals surface area contributed by atoms with Crippen LogP contribution in [0.5, 0.6) is 0 Å². The van der Waals surface area contributed by atoms with Crippen LogP contribution in [-0.2, 0) is 16.0 Å². The molecule has 27 heavy (non-hydrogen) atoms. The number of hydrogen-bond donors (Lipinski definition) is 1. The van der Waals surface area contributed by atoms with E-state index in [9.17, 15) is 9.59 Å². The van der Waals surface area contributed by atoms with Crippen LogP contribution in [0.2, 0.25) is 0 Å². The second-order valence-corrected chi connectivity index (χ2v) is 7.86. The van der Waals surface area contributed by atoms with Gasteiger partial charge in [0.25, 0.3) is 5.91 Å². The first-order chi connectivity index (χ1) is 12.8. The van der Waals surface area contributed by atoms with Gasteiger partial charge in [0.2, 0.25) is 5.91 Å². The van der Waals surface area contributed by atoms with Crippen molar-refractivity contribution < 1.29 is 18.7 Å². The quantitative estimate of drug-likeness (QED) is 0.843. The summed E-state index contributed by atoms with van der Waals surface area (Å²) in [7, 11) is 0. The van der Waals surface area contributed by atoms with Gasteiger partial charge in [-0.2, -0.15) is 0 Å². The number of amides is 2. The van der Waals surface area contributed by atoms with Gasteiger partial charge < -0.3 is 19.8 Å². The number of nitrogens with two attached hydrogens (primary N) is 1. The number of aryl methyl sites for hydroxylation is 1. The molecule has 1 fully saturated rings. The Labute approximate surface area is 159 Å². The molecule has 0 spiro atoms. The SMILES string of the molecule is CCCCc1oc2ccccc2c1C(=O)N1CC(CC(N)=O)OC(C)(C)C1. The number of rotatable bonds is 6. The molecule has 2 amide bonds. The first-order valence-electron chi connectivity index (χ1n) is 9.56. The van der Waals surface area contributed by atoms with Crippen molar-refractivity contribution in [3.63, 3.8) is 0 Å². The predicted octanol–water partition coefficient (Wildman–Crippen LogP) is 3.27. The minimum atomic E-state index is -0.544. The number of benzene rings is 1. The van der Waals surface area contributed by atoms with E-state index >= 15 is 0 Å². The van der Waals surface area contributed by atoms with Gasteiger partial charge in [0.15, 0.2) is 0 Å². The van der Waals surface area contributed by atoms with Crippen molar-refractivity contribution in [1.82, 2.24) is 4.90 Å². The number of carbonyl (C=O) groups excluding carboxylic acids is 2. The molecule has 0 saturated carbocycles. The lowest BCUT2D eigenvalue weighted by Crippen LogP contribution is -2.55. The van der Waals surface area contributed by atoms with Gasteiger partial charge in [0.05, 0.1) is 23.7 Å². The number of primary amides is 1. The van der Waals surface area contributed by atoms with Crippen LogP contribution >= 0.6 is 0 Å². The molecule has 1 aromatic carbocycles. The highest BCUT2D eigenvalue weighted by Gasteiger charge is 2.38. The monoisotopic (exact) mass is 372 g/mol. The van der Waals surface area contributed by atoms with Gasteiger partial charge in [-0.3, -0.25) is 9.59 Å². The standard InChI is InChI=1S/C21H28N2O4/c1-4-5-9-17-19(15-8-6-7-10-16(15)26-17)20(25)23-12-14(11-18(22)24)27-21(2,3)13-23/h6-8,10,14H,4-5,9,11-13H2,1-3H3,(H2,22,24). The fourth-order valence-corrected chi connectivity index (χ4v) is 3.78. The van der Waals surface area contributed by atoms with Crippen molar-refractivity contribution >= 4 is 22.8 Å². The van der Waals surface area contributed by atoms with Gasteiger partial charge in [-0.1, -0.05) is 31.5 Å². The molecule has 1 unspecified atom stereocenters. The summed E-state index contributed by atoms with van der Waals surface area (Å²) in [6.07, 6.45) is 2.41. The Morgan fingerprint density at radius 1 is 1.30 bits per heavy atom. The first-order valence-corrected chi connectivity index (χ1v) is 9.56. The lowest BCUT2D eigenvalue weighted by Gasteiger charge is -2.42. The fourth-order valence-electron chi connectivity index (χ4n) is 3.78. The number of para-hydroxylation sites is 1. The van der Waals surface area contributed by atoms with Crippen LogP contribution in [0.15, 0.2) is 28.7 Å². The van der Waals surface area contributed by atoms with Crippen LogP contribution in [0.25, 0.3) is 11.0 Å². The Kier molecular flexibility index (Phi) is 5.56. The molecule has 1 saturated heterocycles. The second-order valence-electron chi connectivity index (χ2n) is 7.86. The average molecular weight is 372 g/mol. The molecular weight excluding hydrogens is 344 g/mol. The number of carbonyl (C=O) groups is 2. The molecule has 6 nitrogen and oxygen atoms in total. The van der Waals surface area contributed by atoms with Crippen LogP contribution in [0.4, 0.5) is 0 Å². The normalized spacial score (nSPS) is 19.4. The van der Waals surface area contributed by atoms with Crippen LogP contribution in [0.1, 0.15) is 56.2 Å². The summed E-state index contributed by atoms with van der Waals surface area (Å²) in [6.45, 7) is 6.76. The number of fused-ring (bicyclic) bond motifs is 1. The molecule has 2 aromatic rings. The molecular formula is C21H28N2O4. The number of morpholine rings is 1. The van der Waals surface area contributed by atoms with Gasteiger partial charge in [0.1, 0.15) is 11.3 Å². The molecule has 1 aliphatic heterocycles. The third-order valence-corrected chi connectivity index (χ3v) is 4.84.